The first-order chi connectivity index (χ1) is 20.0. The van der Waals surface area contributed by atoms with E-state index in [1.165, 1.54) is 11.7 Å². The number of aromatic amines is 1. The average molecular weight is 555 g/mol. The van der Waals surface area contributed by atoms with Gasteiger partial charge in [0.15, 0.2) is 17.3 Å². The van der Waals surface area contributed by atoms with Crippen molar-refractivity contribution >= 4 is 23.2 Å². The van der Waals surface area contributed by atoms with Crippen LogP contribution in [0, 0.1) is 0 Å². The van der Waals surface area contributed by atoms with E-state index in [0.717, 1.165) is 5.56 Å². The van der Waals surface area contributed by atoms with Crippen molar-refractivity contribution in [3.05, 3.63) is 101 Å². The van der Waals surface area contributed by atoms with Crippen LogP contribution in [0.5, 0.6) is 11.5 Å². The third-order valence-corrected chi connectivity index (χ3v) is 5.95. The summed E-state index contributed by atoms with van der Waals surface area (Å²) in [5.41, 5.74) is 7.99. The van der Waals surface area contributed by atoms with Crippen molar-refractivity contribution in [1.29, 1.82) is 0 Å². The second kappa shape index (κ2) is 12.0. The van der Waals surface area contributed by atoms with Crippen LogP contribution in [0.15, 0.2) is 88.8 Å². The molecule has 12 heteroatoms. The molecule has 2 heterocycles. The summed E-state index contributed by atoms with van der Waals surface area (Å²) in [5.74, 6) is 1.08. The third-order valence-electron chi connectivity index (χ3n) is 5.95. The van der Waals surface area contributed by atoms with E-state index >= 15 is 0 Å². The van der Waals surface area contributed by atoms with Gasteiger partial charge in [0, 0.05) is 5.56 Å². The molecule has 0 spiro atoms. The minimum Gasteiger partial charge on any atom is -0.495 e. The van der Waals surface area contributed by atoms with Crippen LogP contribution in [0.25, 0.3) is 28.2 Å². The predicted octanol–water partition coefficient (Wildman–Crippen LogP) is 4.16. The lowest BCUT2D eigenvalue weighted by molar-refractivity contribution is 0.0519. The zero-order valence-electron chi connectivity index (χ0n) is 22.2. The van der Waals surface area contributed by atoms with Gasteiger partial charge in [-0.2, -0.15) is 0 Å². The summed E-state index contributed by atoms with van der Waals surface area (Å²) in [4.78, 5) is 42.2. The standard InChI is InChI=1S/C29H26N6O6/c1-3-39-20-15-13-19(14-16-20)26-31-23(25(30)34-41-29(37)40-17-18-9-5-4-6-10-18)24-27(33-26)35(28(36)32-24)21-11-7-8-12-22(21)38-2/h4-16H,3,17H2,1-2H3,(H2,30,34)(H,32,36). The van der Waals surface area contributed by atoms with Crippen molar-refractivity contribution in [2.45, 2.75) is 13.5 Å². The lowest BCUT2D eigenvalue weighted by Crippen LogP contribution is -2.19. The number of imidazole rings is 1. The number of carbonyl (C=O) groups is 1. The first kappa shape index (κ1) is 26.9. The van der Waals surface area contributed by atoms with E-state index < -0.39 is 11.8 Å². The Bertz CT molecular complexity index is 1760. The van der Waals surface area contributed by atoms with Crippen LogP contribution in [0.3, 0.4) is 0 Å². The summed E-state index contributed by atoms with van der Waals surface area (Å²) < 4.78 is 17.4. The average Bonchev–Trinajstić information content (AvgIpc) is 3.34. The van der Waals surface area contributed by atoms with Gasteiger partial charge in [-0.3, -0.25) is 4.84 Å². The Balaban J connectivity index is 1.56. The molecular weight excluding hydrogens is 528 g/mol. The molecule has 0 saturated heterocycles. The molecule has 0 aliphatic rings. The molecule has 41 heavy (non-hydrogen) atoms. The Kier molecular flexibility index (Phi) is 7.90. The molecule has 5 rings (SSSR count). The summed E-state index contributed by atoms with van der Waals surface area (Å²) in [5, 5.41) is 3.73. The van der Waals surface area contributed by atoms with Gasteiger partial charge in [-0.05, 0) is 48.9 Å². The molecule has 3 N–H and O–H groups in total. The van der Waals surface area contributed by atoms with Gasteiger partial charge in [0.2, 0.25) is 0 Å². The van der Waals surface area contributed by atoms with Gasteiger partial charge in [-0.15, -0.1) is 0 Å². The molecule has 0 atom stereocenters. The number of oxime groups is 1. The third kappa shape index (κ3) is 5.86. The molecule has 3 aromatic carbocycles. The Labute approximate surface area is 234 Å². The molecule has 12 nitrogen and oxygen atoms in total. The van der Waals surface area contributed by atoms with Gasteiger partial charge >= 0.3 is 11.8 Å². The lowest BCUT2D eigenvalue weighted by atomic mass is 10.2. The number of benzene rings is 3. The molecule has 0 unspecified atom stereocenters. The second-order valence-electron chi connectivity index (χ2n) is 8.58. The zero-order valence-corrected chi connectivity index (χ0v) is 22.2. The van der Waals surface area contributed by atoms with Crippen LogP contribution in [-0.2, 0) is 16.2 Å². The maximum atomic E-state index is 13.2. The topological polar surface area (TPSA) is 156 Å². The van der Waals surface area contributed by atoms with Crippen molar-refractivity contribution in [3.63, 3.8) is 0 Å². The summed E-state index contributed by atoms with van der Waals surface area (Å²) in [6, 6.07) is 23.2. The first-order valence-corrected chi connectivity index (χ1v) is 12.6. The summed E-state index contributed by atoms with van der Waals surface area (Å²) in [6.45, 7) is 2.40. The van der Waals surface area contributed by atoms with Crippen LogP contribution in [0.1, 0.15) is 18.2 Å². The predicted molar refractivity (Wildman–Crippen MR) is 151 cm³/mol. The molecule has 0 bridgehead atoms. The van der Waals surface area contributed by atoms with Crippen LogP contribution in [0.2, 0.25) is 0 Å². The van der Waals surface area contributed by atoms with Gasteiger partial charge in [0.05, 0.1) is 19.4 Å². The Morgan fingerprint density at radius 3 is 2.46 bits per heavy atom. The number of fused-ring (bicyclic) bond motifs is 1. The number of amidine groups is 1. The van der Waals surface area contributed by atoms with Gasteiger partial charge in [-0.1, -0.05) is 47.6 Å². The number of aromatic nitrogens is 4. The zero-order chi connectivity index (χ0) is 28.8. The SMILES string of the molecule is CCOc1ccc(-c2nc(C(N)=NOC(=O)OCc3ccccc3)c3[nH]c(=O)n(-c4ccccc4OC)c3n2)cc1. The number of para-hydroxylation sites is 2. The fourth-order valence-electron chi connectivity index (χ4n) is 4.08. The molecule has 0 aliphatic carbocycles. The second-order valence-corrected chi connectivity index (χ2v) is 8.58. The van der Waals surface area contributed by atoms with E-state index in [1.807, 2.05) is 25.1 Å². The maximum Gasteiger partial charge on any atom is 0.535 e. The van der Waals surface area contributed by atoms with Gasteiger partial charge in [0.25, 0.3) is 0 Å². The van der Waals surface area contributed by atoms with Gasteiger partial charge in [-0.25, -0.2) is 24.1 Å². The molecule has 5 aromatic rings. The molecule has 0 aliphatic heterocycles. The molecule has 0 radical (unpaired) electrons. The highest BCUT2D eigenvalue weighted by Gasteiger charge is 2.22. The van der Waals surface area contributed by atoms with Crippen molar-refractivity contribution in [2.75, 3.05) is 13.7 Å². The van der Waals surface area contributed by atoms with Crippen LogP contribution in [-0.4, -0.2) is 45.2 Å². The van der Waals surface area contributed by atoms with Crippen molar-refractivity contribution in [2.24, 2.45) is 10.9 Å². The number of ether oxygens (including phenoxy) is 3. The van der Waals surface area contributed by atoms with E-state index in [2.05, 4.69) is 20.1 Å². The van der Waals surface area contributed by atoms with Crippen LogP contribution in [0.4, 0.5) is 4.79 Å². The van der Waals surface area contributed by atoms with Crippen LogP contribution < -0.4 is 20.9 Å². The normalized spacial score (nSPS) is 11.3. The van der Waals surface area contributed by atoms with Crippen molar-refractivity contribution in [3.8, 4) is 28.6 Å². The molecule has 0 saturated carbocycles. The number of nitrogens with two attached hydrogens (primary N) is 1. The van der Waals surface area contributed by atoms with E-state index in [-0.39, 0.29) is 35.1 Å². The van der Waals surface area contributed by atoms with Crippen molar-refractivity contribution in [1.82, 2.24) is 19.5 Å². The highest BCUT2D eigenvalue weighted by Crippen LogP contribution is 2.27. The van der Waals surface area contributed by atoms with Crippen LogP contribution >= 0.6 is 0 Å². The summed E-state index contributed by atoms with van der Waals surface area (Å²) >= 11 is 0. The fraction of sp³-hybridized carbons (Fsp3) is 0.138. The maximum absolute atomic E-state index is 13.2. The number of nitrogens with one attached hydrogen (secondary N) is 1. The molecule has 0 amide bonds. The monoisotopic (exact) mass is 554 g/mol. The Morgan fingerprint density at radius 1 is 1.00 bits per heavy atom. The lowest BCUT2D eigenvalue weighted by Gasteiger charge is -2.10. The van der Waals surface area contributed by atoms with Gasteiger partial charge in [0.1, 0.15) is 29.3 Å². The number of hydrogen-bond acceptors (Lipinski definition) is 9. The Hall–Kier alpha value is -5.65. The number of methoxy groups -OCH3 is 1. The number of H-pyrrole nitrogens is 1. The van der Waals surface area contributed by atoms with Gasteiger partial charge < -0.3 is 24.9 Å². The van der Waals surface area contributed by atoms with E-state index in [0.29, 0.717) is 29.4 Å². The minimum atomic E-state index is -1.06. The molecule has 208 valence electrons. The number of carbonyl (C=O) groups excluding carboxylic acids is 1. The summed E-state index contributed by atoms with van der Waals surface area (Å²) in [7, 11) is 1.50. The van der Waals surface area contributed by atoms with E-state index in [4.69, 9.17) is 24.8 Å². The number of nitrogens with zero attached hydrogens (tertiary/aromatic N) is 4. The smallest absolute Gasteiger partial charge is 0.495 e. The van der Waals surface area contributed by atoms with Crippen molar-refractivity contribution < 1.29 is 23.8 Å². The number of hydrogen-bond donors (Lipinski definition) is 2. The minimum absolute atomic E-state index is 0.0101. The largest absolute Gasteiger partial charge is 0.535 e. The molecular formula is C29H26N6O6. The number of rotatable bonds is 9. The summed E-state index contributed by atoms with van der Waals surface area (Å²) in [6.07, 6.45) is -1.06. The Morgan fingerprint density at radius 2 is 1.73 bits per heavy atom. The molecule has 2 aromatic heterocycles. The highest BCUT2D eigenvalue weighted by atomic mass is 16.8. The van der Waals surface area contributed by atoms with E-state index in [9.17, 15) is 9.59 Å². The molecule has 0 fully saturated rings. The fourth-order valence-corrected chi connectivity index (χ4v) is 4.08. The highest BCUT2D eigenvalue weighted by molar-refractivity contribution is 6.05. The first-order valence-electron chi connectivity index (χ1n) is 12.6. The quantitative estimate of drug-likeness (QED) is 0.0898. The van der Waals surface area contributed by atoms with E-state index in [1.54, 1.807) is 60.7 Å².